The normalized spacial score (nSPS) is 29.7. The molecule has 6 unspecified atom stereocenters. The Balaban J connectivity index is 1.39. The van der Waals surface area contributed by atoms with Gasteiger partial charge in [0.2, 0.25) is 11.8 Å². The third-order valence-electron chi connectivity index (χ3n) is 9.73. The second-order valence-electron chi connectivity index (χ2n) is 12.0. The van der Waals surface area contributed by atoms with Crippen molar-refractivity contribution in [2.75, 3.05) is 16.9 Å². The second-order valence-corrected chi connectivity index (χ2v) is 13.2. The molecule has 11 nitrogen and oxygen atoms in total. The Morgan fingerprint density at radius 1 is 0.936 bits per heavy atom. The summed E-state index contributed by atoms with van der Waals surface area (Å²) in [5.41, 5.74) is 0.607. The van der Waals surface area contributed by atoms with Gasteiger partial charge in [-0.25, -0.2) is 14.2 Å². The van der Waals surface area contributed by atoms with Crippen molar-refractivity contribution < 1.29 is 38.3 Å². The van der Waals surface area contributed by atoms with E-state index >= 15 is 0 Å². The monoisotopic (exact) mass is 679 g/mol. The van der Waals surface area contributed by atoms with Gasteiger partial charge in [-0.15, -0.1) is 23.2 Å². The third-order valence-corrected chi connectivity index (χ3v) is 11.1. The molecule has 2 heterocycles. The molecular weight excluding hydrogens is 656 g/mol. The number of ether oxygens (including phenoxy) is 1. The maximum atomic E-state index is 14.4. The van der Waals surface area contributed by atoms with Crippen LogP contribution in [-0.4, -0.2) is 50.5 Å². The molecule has 2 aliphatic heterocycles. The first-order valence-corrected chi connectivity index (χ1v) is 15.3. The number of allylic oxidation sites excluding steroid dienone is 2. The number of fused-ring (bicyclic) bond motifs is 4. The van der Waals surface area contributed by atoms with Gasteiger partial charge in [-0.2, -0.15) is 0 Å². The minimum Gasteiger partial charge on any atom is -0.504 e. The Hall–Kier alpha value is -4.81. The maximum Gasteiger partial charge on any atom is 0.271 e. The summed E-state index contributed by atoms with van der Waals surface area (Å²) in [6.07, 6.45) is 1.50. The second kappa shape index (κ2) is 10.6. The van der Waals surface area contributed by atoms with Gasteiger partial charge in [-0.3, -0.25) is 29.3 Å². The molecule has 0 aromatic heterocycles. The first-order chi connectivity index (χ1) is 22.3. The highest BCUT2D eigenvalue weighted by molar-refractivity contribution is 6.58. The predicted molar refractivity (Wildman–Crippen MR) is 167 cm³/mol. The van der Waals surface area contributed by atoms with Gasteiger partial charge in [0.05, 0.1) is 35.2 Å². The average Bonchev–Trinajstić information content (AvgIpc) is 3.39. The Morgan fingerprint density at radius 3 is 2.34 bits per heavy atom. The van der Waals surface area contributed by atoms with Crippen LogP contribution in [0.5, 0.6) is 11.5 Å². The minimum absolute atomic E-state index is 0.0302. The van der Waals surface area contributed by atoms with E-state index in [4.69, 9.17) is 27.9 Å². The Kier molecular flexibility index (Phi) is 6.96. The van der Waals surface area contributed by atoms with Crippen LogP contribution in [0, 0.1) is 33.7 Å². The topological polar surface area (TPSA) is 147 Å². The molecule has 3 fully saturated rings. The van der Waals surface area contributed by atoms with Gasteiger partial charge < -0.3 is 9.84 Å². The molecule has 2 aliphatic carbocycles. The molecule has 1 saturated carbocycles. The van der Waals surface area contributed by atoms with E-state index in [9.17, 15) is 38.8 Å². The van der Waals surface area contributed by atoms with Crippen molar-refractivity contribution in [3.63, 3.8) is 0 Å². The zero-order valence-corrected chi connectivity index (χ0v) is 25.9. The number of rotatable bonds is 5. The first-order valence-electron chi connectivity index (χ1n) is 14.5. The van der Waals surface area contributed by atoms with Crippen molar-refractivity contribution in [3.8, 4) is 11.5 Å². The molecule has 7 rings (SSSR count). The van der Waals surface area contributed by atoms with Gasteiger partial charge in [-0.05, 0) is 66.8 Å². The van der Waals surface area contributed by atoms with Gasteiger partial charge in [-0.1, -0.05) is 23.8 Å². The molecule has 240 valence electrons. The van der Waals surface area contributed by atoms with E-state index in [0.29, 0.717) is 11.1 Å². The molecule has 1 N–H and O–H groups in total. The van der Waals surface area contributed by atoms with Crippen molar-refractivity contribution >= 4 is 63.9 Å². The molecule has 4 aliphatic rings. The summed E-state index contributed by atoms with van der Waals surface area (Å²) in [7, 11) is 1.33. The number of anilines is 2. The number of nitrogens with zero attached hydrogens (tertiary/aromatic N) is 3. The number of alkyl halides is 2. The number of aromatic hydroxyl groups is 1. The fourth-order valence-corrected chi connectivity index (χ4v) is 8.58. The molecule has 2 saturated heterocycles. The van der Waals surface area contributed by atoms with Gasteiger partial charge in [0, 0.05) is 18.1 Å². The molecule has 0 radical (unpaired) electrons. The lowest BCUT2D eigenvalue weighted by atomic mass is 9.56. The summed E-state index contributed by atoms with van der Waals surface area (Å²) in [6, 6.07) is 14.2. The number of hydrogen-bond acceptors (Lipinski definition) is 8. The van der Waals surface area contributed by atoms with Crippen molar-refractivity contribution in [1.82, 2.24) is 0 Å². The molecule has 3 aromatic rings. The summed E-state index contributed by atoms with van der Waals surface area (Å²) in [5, 5.41) is 21.8. The molecular formula is C33H24Cl2FN3O8. The SMILES string of the molecule is COc1cc(C2C3=CCC4C(=O)N(c5cccc([N+](=O)[O-])c5)C(=O)C4C3CC3(Cl)C(=O)N(c4ccc(F)cc4)C(=O)C23Cl)ccc1O. The highest BCUT2D eigenvalue weighted by atomic mass is 35.5. The Morgan fingerprint density at radius 2 is 1.66 bits per heavy atom. The number of carbonyl (C=O) groups excluding carboxylic acids is 4. The molecule has 0 spiro atoms. The molecule has 4 amide bonds. The van der Waals surface area contributed by atoms with Crippen LogP contribution < -0.4 is 14.5 Å². The molecule has 14 heteroatoms. The van der Waals surface area contributed by atoms with Crippen LogP contribution in [0.1, 0.15) is 24.3 Å². The molecule has 3 aromatic carbocycles. The van der Waals surface area contributed by atoms with E-state index in [1.54, 1.807) is 6.08 Å². The third kappa shape index (κ3) is 4.17. The highest BCUT2D eigenvalue weighted by Gasteiger charge is 2.76. The Labute approximate surface area is 276 Å². The Bertz CT molecular complexity index is 1950. The number of phenolic OH excluding ortho intramolecular Hbond substituents is 1. The fraction of sp³-hybridized carbons (Fsp3) is 0.273. The van der Waals surface area contributed by atoms with Crippen molar-refractivity contribution in [2.24, 2.45) is 17.8 Å². The summed E-state index contributed by atoms with van der Waals surface area (Å²) in [5.74, 6) is -7.62. The van der Waals surface area contributed by atoms with E-state index in [0.717, 1.165) is 28.0 Å². The van der Waals surface area contributed by atoms with Crippen molar-refractivity contribution in [1.29, 1.82) is 0 Å². The number of amides is 4. The molecule has 47 heavy (non-hydrogen) atoms. The van der Waals surface area contributed by atoms with Crippen molar-refractivity contribution in [3.05, 3.63) is 99.9 Å². The number of non-ortho nitro benzene ring substituents is 1. The lowest BCUT2D eigenvalue weighted by Gasteiger charge is -2.50. The highest BCUT2D eigenvalue weighted by Crippen LogP contribution is 2.66. The summed E-state index contributed by atoms with van der Waals surface area (Å²) in [4.78, 5) is 64.9. The number of halogens is 3. The number of nitro groups is 1. The number of methoxy groups -OCH3 is 1. The average molecular weight is 680 g/mol. The maximum absolute atomic E-state index is 14.4. The predicted octanol–water partition coefficient (Wildman–Crippen LogP) is 5.22. The largest absolute Gasteiger partial charge is 0.504 e. The number of nitro benzene ring substituents is 1. The van der Waals surface area contributed by atoms with Gasteiger partial charge in [0.15, 0.2) is 21.2 Å². The number of imide groups is 2. The quantitative estimate of drug-likeness (QED) is 0.127. The van der Waals surface area contributed by atoms with E-state index < -0.39 is 67.8 Å². The van der Waals surface area contributed by atoms with Crippen LogP contribution in [0.3, 0.4) is 0 Å². The van der Waals surface area contributed by atoms with E-state index in [1.165, 1.54) is 55.6 Å². The van der Waals surface area contributed by atoms with E-state index in [-0.39, 0.29) is 41.4 Å². The number of hydrogen-bond donors (Lipinski definition) is 1. The summed E-state index contributed by atoms with van der Waals surface area (Å²) >= 11 is 14.7. The first kappa shape index (κ1) is 30.8. The van der Waals surface area contributed by atoms with Crippen LogP contribution in [0.15, 0.2) is 78.4 Å². The fourth-order valence-electron chi connectivity index (χ4n) is 7.65. The van der Waals surface area contributed by atoms with Crippen LogP contribution in [0.2, 0.25) is 0 Å². The van der Waals surface area contributed by atoms with Crippen molar-refractivity contribution in [2.45, 2.75) is 28.5 Å². The van der Waals surface area contributed by atoms with E-state index in [2.05, 4.69) is 0 Å². The summed E-state index contributed by atoms with van der Waals surface area (Å²) < 4.78 is 19.2. The van der Waals surface area contributed by atoms with Gasteiger partial charge in [0.1, 0.15) is 5.82 Å². The lowest BCUT2D eigenvalue weighted by molar-refractivity contribution is -0.384. The van der Waals surface area contributed by atoms with Crippen LogP contribution in [0.25, 0.3) is 0 Å². The lowest BCUT2D eigenvalue weighted by Crippen LogP contribution is -2.60. The molecule has 6 atom stereocenters. The minimum atomic E-state index is -2.16. The molecule has 0 bridgehead atoms. The number of phenols is 1. The van der Waals surface area contributed by atoms with E-state index in [1.807, 2.05) is 0 Å². The zero-order chi connectivity index (χ0) is 33.6. The van der Waals surface area contributed by atoms with Crippen LogP contribution >= 0.6 is 23.2 Å². The smallest absolute Gasteiger partial charge is 0.271 e. The van der Waals surface area contributed by atoms with Crippen LogP contribution in [-0.2, 0) is 19.2 Å². The zero-order valence-electron chi connectivity index (χ0n) is 24.4. The number of carbonyl (C=O) groups is 4. The van der Waals surface area contributed by atoms with Gasteiger partial charge >= 0.3 is 0 Å². The van der Waals surface area contributed by atoms with Gasteiger partial charge in [0.25, 0.3) is 17.5 Å². The number of benzene rings is 3. The standard InChI is InChI=1S/C33H24Cl2FN3O8/c1-47-25-13-16(5-12-24(25)40)27-21-10-11-22-26(29(42)37(28(22)41)19-3-2-4-20(14-19)39(45)46)23(21)15-32(34)30(43)38(31(44)33(27,32)35)18-8-6-17(36)7-9-18/h2-10,12-14,22-23,26-27,40H,11,15H2,1H3. The van der Waals surface area contributed by atoms with Crippen LogP contribution in [0.4, 0.5) is 21.5 Å². The summed E-state index contributed by atoms with van der Waals surface area (Å²) in [6.45, 7) is 0.